The van der Waals surface area contributed by atoms with Crippen LogP contribution in [0, 0.1) is 5.92 Å². The summed E-state index contributed by atoms with van der Waals surface area (Å²) in [7, 11) is 0. The predicted octanol–water partition coefficient (Wildman–Crippen LogP) is 1.40. The smallest absolute Gasteiger partial charge is 0.0110 e. The van der Waals surface area contributed by atoms with E-state index in [0.29, 0.717) is 0 Å². The molecule has 100 valence electrons. The summed E-state index contributed by atoms with van der Waals surface area (Å²) in [4.78, 5) is 5.21. The standard InChI is InChI=1S/C14H29N3/c1-2-16-9-11-17(12-10-16)8-4-6-14-5-3-7-15-13-14/h14-15H,2-13H2,1H3/t14-/m0/s1. The van der Waals surface area contributed by atoms with E-state index in [-0.39, 0.29) is 0 Å². The summed E-state index contributed by atoms with van der Waals surface area (Å²) in [6, 6.07) is 0. The fourth-order valence-electron chi connectivity index (χ4n) is 3.10. The zero-order valence-electron chi connectivity index (χ0n) is 11.5. The fraction of sp³-hybridized carbons (Fsp3) is 1.00. The van der Waals surface area contributed by atoms with Gasteiger partial charge in [0.05, 0.1) is 0 Å². The Morgan fingerprint density at radius 1 is 1.12 bits per heavy atom. The molecule has 0 aromatic heterocycles. The van der Waals surface area contributed by atoms with E-state index in [1.807, 2.05) is 0 Å². The molecule has 0 bridgehead atoms. The van der Waals surface area contributed by atoms with Crippen molar-refractivity contribution in [3.63, 3.8) is 0 Å². The zero-order valence-corrected chi connectivity index (χ0v) is 11.5. The Morgan fingerprint density at radius 2 is 1.88 bits per heavy atom. The van der Waals surface area contributed by atoms with Crippen LogP contribution in [-0.4, -0.2) is 62.2 Å². The molecule has 2 fully saturated rings. The van der Waals surface area contributed by atoms with E-state index in [1.165, 1.54) is 78.0 Å². The Bertz CT molecular complexity index is 194. The number of likely N-dealkylation sites (N-methyl/N-ethyl adjacent to an activating group) is 1. The Hall–Kier alpha value is -0.120. The number of piperazine rings is 1. The first-order valence-corrected chi connectivity index (χ1v) is 7.54. The maximum atomic E-state index is 3.52. The van der Waals surface area contributed by atoms with Crippen LogP contribution in [0.25, 0.3) is 0 Å². The lowest BCUT2D eigenvalue weighted by atomic mass is 9.94. The maximum absolute atomic E-state index is 3.52. The van der Waals surface area contributed by atoms with Crippen molar-refractivity contribution in [2.24, 2.45) is 5.92 Å². The van der Waals surface area contributed by atoms with E-state index in [9.17, 15) is 0 Å². The first-order chi connectivity index (χ1) is 8.38. The highest BCUT2D eigenvalue weighted by Crippen LogP contribution is 2.16. The van der Waals surface area contributed by atoms with Crippen molar-refractivity contribution in [3.05, 3.63) is 0 Å². The molecule has 1 atom stereocenters. The second-order valence-corrected chi connectivity index (χ2v) is 5.63. The molecule has 2 aliphatic heterocycles. The van der Waals surface area contributed by atoms with Gasteiger partial charge in [-0.25, -0.2) is 0 Å². The molecule has 3 heteroatoms. The van der Waals surface area contributed by atoms with Crippen LogP contribution in [0.5, 0.6) is 0 Å². The van der Waals surface area contributed by atoms with Crippen LogP contribution in [0.3, 0.4) is 0 Å². The van der Waals surface area contributed by atoms with Crippen LogP contribution in [0.4, 0.5) is 0 Å². The third-order valence-electron chi connectivity index (χ3n) is 4.40. The highest BCUT2D eigenvalue weighted by atomic mass is 15.3. The van der Waals surface area contributed by atoms with Gasteiger partial charge >= 0.3 is 0 Å². The summed E-state index contributed by atoms with van der Waals surface area (Å²) in [5.74, 6) is 0.959. The van der Waals surface area contributed by atoms with E-state index in [4.69, 9.17) is 0 Å². The van der Waals surface area contributed by atoms with Gasteiger partial charge in [-0.3, -0.25) is 0 Å². The van der Waals surface area contributed by atoms with Gasteiger partial charge in [-0.1, -0.05) is 6.92 Å². The minimum Gasteiger partial charge on any atom is -0.316 e. The van der Waals surface area contributed by atoms with Gasteiger partial charge < -0.3 is 15.1 Å². The van der Waals surface area contributed by atoms with Gasteiger partial charge in [0.1, 0.15) is 0 Å². The summed E-state index contributed by atoms with van der Waals surface area (Å²) >= 11 is 0. The molecule has 2 aliphatic rings. The molecule has 2 heterocycles. The second-order valence-electron chi connectivity index (χ2n) is 5.63. The molecule has 3 nitrogen and oxygen atoms in total. The Morgan fingerprint density at radius 3 is 2.53 bits per heavy atom. The molecule has 2 saturated heterocycles. The molecule has 17 heavy (non-hydrogen) atoms. The predicted molar refractivity (Wildman–Crippen MR) is 73.4 cm³/mol. The van der Waals surface area contributed by atoms with E-state index in [1.54, 1.807) is 0 Å². The summed E-state index contributed by atoms with van der Waals surface area (Å²) in [5, 5.41) is 3.52. The molecule has 0 aromatic carbocycles. The molecule has 0 aromatic rings. The van der Waals surface area contributed by atoms with Crippen molar-refractivity contribution in [3.8, 4) is 0 Å². The van der Waals surface area contributed by atoms with E-state index in [2.05, 4.69) is 22.0 Å². The number of rotatable bonds is 5. The van der Waals surface area contributed by atoms with Crippen molar-refractivity contribution < 1.29 is 0 Å². The van der Waals surface area contributed by atoms with Crippen LogP contribution in [0.2, 0.25) is 0 Å². The average Bonchev–Trinajstić information content (AvgIpc) is 2.41. The van der Waals surface area contributed by atoms with Crippen molar-refractivity contribution >= 4 is 0 Å². The summed E-state index contributed by atoms with van der Waals surface area (Å²) < 4.78 is 0. The quantitative estimate of drug-likeness (QED) is 0.782. The Kier molecular flexibility index (Phi) is 5.75. The zero-order chi connectivity index (χ0) is 11.9. The normalized spacial score (nSPS) is 28.4. The van der Waals surface area contributed by atoms with Crippen LogP contribution in [0.15, 0.2) is 0 Å². The minimum absolute atomic E-state index is 0.959. The lowest BCUT2D eigenvalue weighted by molar-refractivity contribution is 0.133. The second kappa shape index (κ2) is 7.34. The molecular weight excluding hydrogens is 210 g/mol. The van der Waals surface area contributed by atoms with Crippen LogP contribution < -0.4 is 5.32 Å². The molecule has 0 aliphatic carbocycles. The third kappa shape index (κ3) is 4.57. The van der Waals surface area contributed by atoms with Gasteiger partial charge in [0.25, 0.3) is 0 Å². The van der Waals surface area contributed by atoms with Crippen LogP contribution in [0.1, 0.15) is 32.6 Å². The monoisotopic (exact) mass is 239 g/mol. The van der Waals surface area contributed by atoms with Gasteiger partial charge in [0.15, 0.2) is 0 Å². The summed E-state index contributed by atoms with van der Waals surface area (Å²) in [6.45, 7) is 12.5. The van der Waals surface area contributed by atoms with E-state index >= 15 is 0 Å². The fourth-order valence-corrected chi connectivity index (χ4v) is 3.10. The SMILES string of the molecule is CCN1CCN(CCC[C@@H]2CCCNC2)CC1. The molecule has 2 rings (SSSR count). The van der Waals surface area contributed by atoms with Gasteiger partial charge in [0, 0.05) is 26.2 Å². The molecule has 0 amide bonds. The molecule has 1 N–H and O–H groups in total. The van der Waals surface area contributed by atoms with E-state index < -0.39 is 0 Å². The topological polar surface area (TPSA) is 18.5 Å². The van der Waals surface area contributed by atoms with Gasteiger partial charge in [-0.05, 0) is 57.8 Å². The van der Waals surface area contributed by atoms with Crippen molar-refractivity contribution in [2.45, 2.75) is 32.6 Å². The van der Waals surface area contributed by atoms with Crippen LogP contribution >= 0.6 is 0 Å². The van der Waals surface area contributed by atoms with Gasteiger partial charge in [-0.15, -0.1) is 0 Å². The van der Waals surface area contributed by atoms with Crippen molar-refractivity contribution in [1.82, 2.24) is 15.1 Å². The van der Waals surface area contributed by atoms with Gasteiger partial charge in [0.2, 0.25) is 0 Å². The molecule has 0 radical (unpaired) electrons. The first kappa shape index (κ1) is 13.3. The first-order valence-electron chi connectivity index (χ1n) is 7.54. The molecule has 0 spiro atoms. The number of nitrogens with zero attached hydrogens (tertiary/aromatic N) is 2. The number of piperidine rings is 1. The van der Waals surface area contributed by atoms with Crippen LogP contribution in [-0.2, 0) is 0 Å². The molecular formula is C14H29N3. The summed E-state index contributed by atoms with van der Waals surface area (Å²) in [5.41, 5.74) is 0. The number of nitrogens with one attached hydrogen (secondary N) is 1. The Labute approximate surface area is 107 Å². The van der Waals surface area contributed by atoms with E-state index in [0.717, 1.165) is 5.92 Å². The third-order valence-corrected chi connectivity index (χ3v) is 4.40. The lowest BCUT2D eigenvalue weighted by Gasteiger charge is -2.34. The maximum Gasteiger partial charge on any atom is 0.0110 e. The van der Waals surface area contributed by atoms with Crippen molar-refractivity contribution in [1.29, 1.82) is 0 Å². The highest BCUT2D eigenvalue weighted by Gasteiger charge is 2.16. The average molecular weight is 239 g/mol. The summed E-state index contributed by atoms with van der Waals surface area (Å²) in [6.07, 6.45) is 5.68. The largest absolute Gasteiger partial charge is 0.316 e. The highest BCUT2D eigenvalue weighted by molar-refractivity contribution is 4.73. The minimum atomic E-state index is 0.959. The number of hydrogen-bond acceptors (Lipinski definition) is 3. The van der Waals surface area contributed by atoms with Crippen molar-refractivity contribution in [2.75, 3.05) is 52.4 Å². The Balaban J connectivity index is 1.53. The van der Waals surface area contributed by atoms with Gasteiger partial charge in [-0.2, -0.15) is 0 Å². The number of hydrogen-bond donors (Lipinski definition) is 1. The lowest BCUT2D eigenvalue weighted by Crippen LogP contribution is -2.46. The molecule has 0 unspecified atom stereocenters. The molecule has 0 saturated carbocycles.